The summed E-state index contributed by atoms with van der Waals surface area (Å²) in [6.07, 6.45) is 3.31. The van der Waals surface area contributed by atoms with Crippen molar-refractivity contribution in [2.24, 2.45) is 0 Å². The van der Waals surface area contributed by atoms with Gasteiger partial charge in [0, 0.05) is 43.0 Å². The zero-order valence-electron chi connectivity index (χ0n) is 21.5. The first-order valence-corrected chi connectivity index (χ1v) is 12.1. The van der Waals surface area contributed by atoms with Gasteiger partial charge in [-0.05, 0) is 55.0 Å². The average molecular weight is 511 g/mol. The van der Waals surface area contributed by atoms with E-state index in [-0.39, 0.29) is 23.2 Å². The number of carbonyl (C=O) groups is 1. The van der Waals surface area contributed by atoms with Crippen LogP contribution in [0.5, 0.6) is 5.75 Å². The number of carbonyl (C=O) groups excluding carboxylic acids is 1. The van der Waals surface area contributed by atoms with Gasteiger partial charge in [-0.25, -0.2) is 9.37 Å². The smallest absolute Gasteiger partial charge is 0.255 e. The number of H-pyrrole nitrogens is 1. The maximum atomic E-state index is 15.7. The van der Waals surface area contributed by atoms with Crippen molar-refractivity contribution in [1.82, 2.24) is 25.1 Å². The highest BCUT2D eigenvalue weighted by molar-refractivity contribution is 6.01. The van der Waals surface area contributed by atoms with E-state index < -0.39 is 5.82 Å². The molecule has 3 aromatic heterocycles. The highest BCUT2D eigenvalue weighted by Gasteiger charge is 2.22. The molecule has 8 nitrogen and oxygen atoms in total. The first-order chi connectivity index (χ1) is 18.4. The molecule has 0 aliphatic rings. The molecular formula is C29H27FN6O2. The van der Waals surface area contributed by atoms with Crippen molar-refractivity contribution >= 4 is 22.6 Å². The minimum atomic E-state index is -0.548. The topological polar surface area (TPSA) is 96.0 Å². The SMILES string of the molecule is COc1ccccc1-c1n[nH]c2ncc(-c3cc(F)c(NC(C)c4ccccn4)c(C(=O)N(C)C)c3)cc12. The molecule has 0 bridgehead atoms. The molecule has 0 fully saturated rings. The molecule has 192 valence electrons. The lowest BCUT2D eigenvalue weighted by atomic mass is 9.99. The Hall–Kier alpha value is -4.79. The van der Waals surface area contributed by atoms with Crippen LogP contribution < -0.4 is 10.1 Å². The lowest BCUT2D eigenvalue weighted by Crippen LogP contribution is -2.24. The molecule has 5 aromatic rings. The van der Waals surface area contributed by atoms with Gasteiger partial charge in [-0.1, -0.05) is 18.2 Å². The number of amides is 1. The van der Waals surface area contributed by atoms with Gasteiger partial charge < -0.3 is 15.0 Å². The normalized spacial score (nSPS) is 11.8. The summed E-state index contributed by atoms with van der Waals surface area (Å²) in [5.74, 6) is -0.199. The van der Waals surface area contributed by atoms with Crippen LogP contribution in [0.1, 0.15) is 29.0 Å². The lowest BCUT2D eigenvalue weighted by molar-refractivity contribution is 0.0828. The third-order valence-electron chi connectivity index (χ3n) is 6.33. The summed E-state index contributed by atoms with van der Waals surface area (Å²) in [5, 5.41) is 11.3. The number of anilines is 1. The van der Waals surface area contributed by atoms with E-state index in [1.807, 2.05) is 55.5 Å². The molecule has 0 saturated carbocycles. The molecule has 3 heterocycles. The molecule has 0 aliphatic carbocycles. The number of halogens is 1. The van der Waals surface area contributed by atoms with Crippen molar-refractivity contribution in [2.75, 3.05) is 26.5 Å². The Kier molecular flexibility index (Phi) is 6.74. The summed E-state index contributed by atoms with van der Waals surface area (Å²) in [4.78, 5) is 23.4. The fourth-order valence-electron chi connectivity index (χ4n) is 4.36. The second kappa shape index (κ2) is 10.3. The van der Waals surface area contributed by atoms with Gasteiger partial charge in [0.25, 0.3) is 5.91 Å². The molecule has 38 heavy (non-hydrogen) atoms. The molecule has 0 aliphatic heterocycles. The van der Waals surface area contributed by atoms with Crippen LogP contribution in [0, 0.1) is 5.82 Å². The molecule has 9 heteroatoms. The fraction of sp³-hybridized carbons (Fsp3) is 0.172. The second-order valence-electron chi connectivity index (χ2n) is 9.09. The number of aromatic amines is 1. The van der Waals surface area contributed by atoms with Crippen LogP contribution in [-0.4, -0.2) is 52.2 Å². The van der Waals surface area contributed by atoms with Crippen LogP contribution in [0.2, 0.25) is 0 Å². The predicted molar refractivity (Wildman–Crippen MR) is 146 cm³/mol. The lowest BCUT2D eigenvalue weighted by Gasteiger charge is -2.21. The Morgan fingerprint density at radius 2 is 1.84 bits per heavy atom. The highest BCUT2D eigenvalue weighted by Crippen LogP contribution is 2.36. The number of nitrogens with zero attached hydrogens (tertiary/aromatic N) is 4. The van der Waals surface area contributed by atoms with Gasteiger partial charge >= 0.3 is 0 Å². The number of rotatable bonds is 7. The van der Waals surface area contributed by atoms with Gasteiger partial charge in [0.2, 0.25) is 0 Å². The Morgan fingerprint density at radius 1 is 1.05 bits per heavy atom. The Morgan fingerprint density at radius 3 is 2.58 bits per heavy atom. The van der Waals surface area contributed by atoms with E-state index in [9.17, 15) is 4.79 Å². The van der Waals surface area contributed by atoms with Gasteiger partial charge in [0.15, 0.2) is 5.65 Å². The van der Waals surface area contributed by atoms with Crippen LogP contribution in [0.25, 0.3) is 33.4 Å². The van der Waals surface area contributed by atoms with Crippen molar-refractivity contribution < 1.29 is 13.9 Å². The van der Waals surface area contributed by atoms with Crippen LogP contribution in [-0.2, 0) is 0 Å². The fourth-order valence-corrected chi connectivity index (χ4v) is 4.36. The zero-order valence-corrected chi connectivity index (χ0v) is 21.5. The zero-order chi connectivity index (χ0) is 26.8. The van der Waals surface area contributed by atoms with Gasteiger partial charge in [-0.15, -0.1) is 0 Å². The summed E-state index contributed by atoms with van der Waals surface area (Å²) < 4.78 is 21.2. The predicted octanol–water partition coefficient (Wildman–Crippen LogP) is 5.71. The van der Waals surface area contributed by atoms with Crippen LogP contribution in [0.3, 0.4) is 0 Å². The number of pyridine rings is 2. The molecule has 0 radical (unpaired) electrons. The van der Waals surface area contributed by atoms with E-state index in [1.54, 1.807) is 39.7 Å². The molecule has 2 aromatic carbocycles. The van der Waals surface area contributed by atoms with Crippen molar-refractivity contribution in [3.8, 4) is 28.1 Å². The van der Waals surface area contributed by atoms with E-state index >= 15 is 4.39 Å². The molecular weight excluding hydrogens is 483 g/mol. The van der Waals surface area contributed by atoms with Crippen molar-refractivity contribution in [3.05, 3.63) is 90.1 Å². The molecule has 2 N–H and O–H groups in total. The van der Waals surface area contributed by atoms with Crippen molar-refractivity contribution in [3.63, 3.8) is 0 Å². The summed E-state index contributed by atoms with van der Waals surface area (Å²) >= 11 is 0. The molecule has 1 atom stereocenters. The Balaban J connectivity index is 1.60. The number of hydrogen-bond donors (Lipinski definition) is 2. The number of nitrogens with one attached hydrogen (secondary N) is 2. The van der Waals surface area contributed by atoms with E-state index in [0.29, 0.717) is 28.2 Å². The summed E-state index contributed by atoms with van der Waals surface area (Å²) in [6, 6.07) is 17.8. The molecule has 1 unspecified atom stereocenters. The monoisotopic (exact) mass is 510 g/mol. The number of benzene rings is 2. The van der Waals surface area contributed by atoms with Crippen LogP contribution in [0.4, 0.5) is 10.1 Å². The molecule has 5 rings (SSSR count). The van der Waals surface area contributed by atoms with E-state index in [2.05, 4.69) is 25.5 Å². The number of para-hydroxylation sites is 1. The molecule has 1 amide bonds. The maximum absolute atomic E-state index is 15.7. The third kappa shape index (κ3) is 4.66. The average Bonchev–Trinajstić information content (AvgIpc) is 3.37. The largest absolute Gasteiger partial charge is 0.496 e. The van der Waals surface area contributed by atoms with Gasteiger partial charge in [-0.3, -0.25) is 14.9 Å². The summed E-state index contributed by atoms with van der Waals surface area (Å²) in [5.41, 5.74) is 4.29. The maximum Gasteiger partial charge on any atom is 0.255 e. The number of aromatic nitrogens is 4. The first kappa shape index (κ1) is 24.9. The van der Waals surface area contributed by atoms with E-state index in [0.717, 1.165) is 16.6 Å². The number of methoxy groups -OCH3 is 1. The van der Waals surface area contributed by atoms with Crippen molar-refractivity contribution in [1.29, 1.82) is 0 Å². The quantitative estimate of drug-likeness (QED) is 0.291. The van der Waals surface area contributed by atoms with Gasteiger partial charge in [-0.2, -0.15) is 5.10 Å². The van der Waals surface area contributed by atoms with Crippen LogP contribution in [0.15, 0.2) is 73.1 Å². The molecule has 0 saturated heterocycles. The first-order valence-electron chi connectivity index (χ1n) is 12.1. The van der Waals surface area contributed by atoms with Crippen molar-refractivity contribution in [2.45, 2.75) is 13.0 Å². The second-order valence-corrected chi connectivity index (χ2v) is 9.09. The van der Waals surface area contributed by atoms with Gasteiger partial charge in [0.1, 0.15) is 17.3 Å². The van der Waals surface area contributed by atoms with Crippen LogP contribution >= 0.6 is 0 Å². The van der Waals surface area contributed by atoms with Gasteiger partial charge in [0.05, 0.1) is 30.1 Å². The van der Waals surface area contributed by atoms with E-state index in [1.165, 1.54) is 11.0 Å². The third-order valence-corrected chi connectivity index (χ3v) is 6.33. The summed E-state index contributed by atoms with van der Waals surface area (Å²) in [6.45, 7) is 1.87. The minimum absolute atomic E-state index is 0.123. The number of hydrogen-bond acceptors (Lipinski definition) is 6. The Labute approximate surface area is 219 Å². The highest BCUT2D eigenvalue weighted by atomic mass is 19.1. The Bertz CT molecular complexity index is 1620. The minimum Gasteiger partial charge on any atom is -0.496 e. The van der Waals surface area contributed by atoms with E-state index in [4.69, 9.17) is 4.74 Å². The standard InChI is InChI=1S/C29H27FN6O2/c1-17(24-10-7-8-12-31-24)33-27-22(29(37)36(2)3)13-18(15-23(27)30)19-14-21-26(34-35-28(21)32-16-19)20-9-5-6-11-25(20)38-4/h5-17,33H,1-4H3,(H,32,34,35). The number of fused-ring (bicyclic) bond motifs is 1. The molecule has 0 spiro atoms. The summed E-state index contributed by atoms with van der Waals surface area (Å²) in [7, 11) is 4.88. The number of ether oxygens (including phenoxy) is 1.